The molecule has 0 radical (unpaired) electrons. The molecule has 0 aromatic heterocycles. The Morgan fingerprint density at radius 1 is 1.26 bits per heavy atom. The largest absolute Gasteiger partial charge is 0.492 e. The number of thioether (sulfide) groups is 1. The Bertz CT molecular complexity index is 597. The van der Waals surface area contributed by atoms with Crippen LogP contribution in [0.4, 0.5) is 0 Å². The van der Waals surface area contributed by atoms with E-state index in [0.29, 0.717) is 13.2 Å². The zero-order valence-corrected chi connectivity index (χ0v) is 17.3. The van der Waals surface area contributed by atoms with E-state index in [1.807, 2.05) is 19.2 Å². The first kappa shape index (κ1) is 20.3. The number of rotatable bonds is 7. The summed E-state index contributed by atoms with van der Waals surface area (Å²) < 4.78 is 11.3. The molecule has 0 saturated carbocycles. The Morgan fingerprint density at radius 2 is 2.04 bits per heavy atom. The first-order valence-corrected chi connectivity index (χ1v) is 10.9. The number of ether oxygens (including phenoxy) is 2. The average molecular weight is 393 g/mol. The van der Waals surface area contributed by atoms with E-state index in [1.54, 1.807) is 0 Å². The van der Waals surface area contributed by atoms with E-state index in [4.69, 9.17) is 9.47 Å². The van der Waals surface area contributed by atoms with Crippen LogP contribution in [0.3, 0.4) is 0 Å². The Labute approximate surface area is 167 Å². The number of guanidine groups is 1. The Balaban J connectivity index is 1.43. The summed E-state index contributed by atoms with van der Waals surface area (Å²) in [7, 11) is 1.82. The van der Waals surface area contributed by atoms with Crippen LogP contribution in [0.1, 0.15) is 12.0 Å². The lowest BCUT2D eigenvalue weighted by molar-refractivity contribution is -0.0120. The lowest BCUT2D eigenvalue weighted by atomic mass is 9.95. The van der Waals surface area contributed by atoms with E-state index in [1.165, 1.54) is 23.5 Å². The van der Waals surface area contributed by atoms with Gasteiger partial charge in [0, 0.05) is 38.0 Å². The number of nitrogens with one attached hydrogen (secondary N) is 2. The third-order valence-electron chi connectivity index (χ3n) is 5.26. The highest BCUT2D eigenvalue weighted by atomic mass is 32.2. The van der Waals surface area contributed by atoms with Gasteiger partial charge in [-0.1, -0.05) is 17.7 Å². The molecule has 1 aromatic rings. The van der Waals surface area contributed by atoms with Crippen molar-refractivity contribution in [2.45, 2.75) is 18.9 Å². The summed E-state index contributed by atoms with van der Waals surface area (Å²) in [5, 5.41) is 6.90. The van der Waals surface area contributed by atoms with E-state index < -0.39 is 0 Å². The maximum Gasteiger partial charge on any atom is 0.191 e. The summed E-state index contributed by atoms with van der Waals surface area (Å²) in [6, 6.07) is 8.14. The van der Waals surface area contributed by atoms with E-state index in [2.05, 4.69) is 51.3 Å². The standard InChI is InChI=1S/C20H32N4O2S/c1-17-3-5-18(6-4-17)26-11-8-22-19(21-2)23-15-20(7-14-27-16-20)24-9-12-25-13-10-24/h3-6H,7-16H2,1-2H3,(H2,21,22,23). The average Bonchev–Trinajstić information content (AvgIpc) is 3.20. The third-order valence-corrected chi connectivity index (χ3v) is 6.49. The van der Waals surface area contributed by atoms with Gasteiger partial charge in [0.25, 0.3) is 0 Å². The van der Waals surface area contributed by atoms with Crippen LogP contribution in [0.15, 0.2) is 29.3 Å². The molecule has 1 unspecified atom stereocenters. The number of hydrogen-bond donors (Lipinski definition) is 2. The summed E-state index contributed by atoms with van der Waals surface area (Å²) in [5.41, 5.74) is 1.45. The number of morpholine rings is 1. The maximum absolute atomic E-state index is 5.78. The van der Waals surface area contributed by atoms with Gasteiger partial charge >= 0.3 is 0 Å². The van der Waals surface area contributed by atoms with Crippen LogP contribution in [0.5, 0.6) is 5.75 Å². The molecule has 1 atom stereocenters. The molecule has 7 heteroatoms. The van der Waals surface area contributed by atoms with Crippen LogP contribution >= 0.6 is 11.8 Å². The molecular weight excluding hydrogens is 360 g/mol. The topological polar surface area (TPSA) is 58.1 Å². The van der Waals surface area contributed by atoms with Crippen molar-refractivity contribution in [1.29, 1.82) is 0 Å². The first-order chi connectivity index (χ1) is 13.2. The van der Waals surface area contributed by atoms with Crippen molar-refractivity contribution in [1.82, 2.24) is 15.5 Å². The maximum atomic E-state index is 5.78. The highest BCUT2D eigenvalue weighted by Gasteiger charge is 2.40. The predicted octanol–water partition coefficient (Wildman–Crippen LogP) is 1.75. The molecule has 150 valence electrons. The van der Waals surface area contributed by atoms with Crippen LogP contribution in [0.2, 0.25) is 0 Å². The molecule has 0 amide bonds. The molecule has 2 aliphatic heterocycles. The highest BCUT2D eigenvalue weighted by Crippen LogP contribution is 2.33. The van der Waals surface area contributed by atoms with E-state index in [9.17, 15) is 0 Å². The van der Waals surface area contributed by atoms with Gasteiger partial charge in [-0.05, 0) is 31.2 Å². The van der Waals surface area contributed by atoms with Crippen molar-refractivity contribution in [3.8, 4) is 5.75 Å². The molecule has 0 spiro atoms. The first-order valence-electron chi connectivity index (χ1n) is 9.76. The third kappa shape index (κ3) is 5.77. The second-order valence-electron chi connectivity index (χ2n) is 7.14. The monoisotopic (exact) mass is 392 g/mol. The fourth-order valence-corrected chi connectivity index (χ4v) is 5.05. The number of hydrogen-bond acceptors (Lipinski definition) is 5. The normalized spacial score (nSPS) is 24.0. The fourth-order valence-electron chi connectivity index (χ4n) is 3.58. The number of aliphatic imine (C=N–C) groups is 1. The summed E-state index contributed by atoms with van der Waals surface area (Å²) in [5.74, 6) is 4.15. The van der Waals surface area contributed by atoms with Crippen LogP contribution in [-0.4, -0.2) is 81.0 Å². The van der Waals surface area contributed by atoms with Crippen molar-refractivity contribution in [2.75, 3.05) is 64.6 Å². The quantitative estimate of drug-likeness (QED) is 0.419. The summed E-state index contributed by atoms with van der Waals surface area (Å²) in [6.07, 6.45) is 1.22. The van der Waals surface area contributed by atoms with Gasteiger partial charge in [0.1, 0.15) is 12.4 Å². The summed E-state index contributed by atoms with van der Waals surface area (Å²) in [6.45, 7) is 8.05. The van der Waals surface area contributed by atoms with Gasteiger partial charge in [-0.25, -0.2) is 0 Å². The lowest BCUT2D eigenvalue weighted by Gasteiger charge is -2.43. The number of benzene rings is 1. The number of nitrogens with zero attached hydrogens (tertiary/aromatic N) is 2. The summed E-state index contributed by atoms with van der Waals surface area (Å²) in [4.78, 5) is 6.98. The van der Waals surface area contributed by atoms with Crippen LogP contribution < -0.4 is 15.4 Å². The van der Waals surface area contributed by atoms with Gasteiger partial charge in [0.2, 0.25) is 0 Å². The molecule has 0 bridgehead atoms. The Kier molecular flexibility index (Phi) is 7.67. The van der Waals surface area contributed by atoms with E-state index >= 15 is 0 Å². The van der Waals surface area contributed by atoms with E-state index in [-0.39, 0.29) is 5.54 Å². The van der Waals surface area contributed by atoms with Crippen LogP contribution in [0, 0.1) is 6.92 Å². The molecular formula is C20H32N4O2S. The molecule has 1 aromatic carbocycles. The SMILES string of the molecule is CN=C(NCCOc1ccc(C)cc1)NCC1(N2CCOCC2)CCSC1. The summed E-state index contributed by atoms with van der Waals surface area (Å²) >= 11 is 2.05. The van der Waals surface area contributed by atoms with Crippen molar-refractivity contribution >= 4 is 17.7 Å². The molecule has 2 aliphatic rings. The van der Waals surface area contributed by atoms with Crippen molar-refractivity contribution in [3.05, 3.63) is 29.8 Å². The van der Waals surface area contributed by atoms with Crippen LogP contribution in [-0.2, 0) is 4.74 Å². The van der Waals surface area contributed by atoms with E-state index in [0.717, 1.165) is 44.6 Å². The molecule has 6 nitrogen and oxygen atoms in total. The molecule has 27 heavy (non-hydrogen) atoms. The van der Waals surface area contributed by atoms with Crippen LogP contribution in [0.25, 0.3) is 0 Å². The predicted molar refractivity (Wildman–Crippen MR) is 113 cm³/mol. The highest BCUT2D eigenvalue weighted by molar-refractivity contribution is 7.99. The molecule has 3 rings (SSSR count). The second-order valence-corrected chi connectivity index (χ2v) is 8.25. The smallest absolute Gasteiger partial charge is 0.191 e. The molecule has 2 N–H and O–H groups in total. The van der Waals surface area contributed by atoms with Gasteiger partial charge < -0.3 is 20.1 Å². The molecule has 0 aliphatic carbocycles. The molecule has 2 fully saturated rings. The van der Waals surface area contributed by atoms with Gasteiger partial charge in [0.15, 0.2) is 5.96 Å². The minimum atomic E-state index is 0.213. The number of aryl methyl sites for hydroxylation is 1. The Hall–Kier alpha value is -1.44. The lowest BCUT2D eigenvalue weighted by Crippen LogP contribution is -2.60. The van der Waals surface area contributed by atoms with Crippen molar-refractivity contribution in [2.24, 2.45) is 4.99 Å². The minimum absolute atomic E-state index is 0.213. The second kappa shape index (κ2) is 10.2. The zero-order valence-electron chi connectivity index (χ0n) is 16.5. The zero-order chi connectivity index (χ0) is 19.0. The Morgan fingerprint density at radius 3 is 2.70 bits per heavy atom. The molecule has 2 heterocycles. The van der Waals surface area contributed by atoms with Gasteiger partial charge in [-0.2, -0.15) is 11.8 Å². The van der Waals surface area contributed by atoms with Gasteiger partial charge in [0.05, 0.1) is 19.8 Å². The fraction of sp³-hybridized carbons (Fsp3) is 0.650. The van der Waals surface area contributed by atoms with Gasteiger partial charge in [-0.3, -0.25) is 9.89 Å². The minimum Gasteiger partial charge on any atom is -0.492 e. The molecule has 2 saturated heterocycles. The van der Waals surface area contributed by atoms with Gasteiger partial charge in [-0.15, -0.1) is 0 Å². The van der Waals surface area contributed by atoms with Crippen molar-refractivity contribution in [3.63, 3.8) is 0 Å². The van der Waals surface area contributed by atoms with Crippen molar-refractivity contribution < 1.29 is 9.47 Å².